The minimum atomic E-state index is -0.440. The lowest BCUT2D eigenvalue weighted by Gasteiger charge is -2.41. The van der Waals surface area contributed by atoms with Gasteiger partial charge in [-0.1, -0.05) is 0 Å². The summed E-state index contributed by atoms with van der Waals surface area (Å²) in [5, 5.41) is 3.49. The van der Waals surface area contributed by atoms with Gasteiger partial charge in [0.05, 0.1) is 29.8 Å². The van der Waals surface area contributed by atoms with Crippen LogP contribution in [0.5, 0.6) is 0 Å². The number of rotatable bonds is 2. The van der Waals surface area contributed by atoms with Gasteiger partial charge in [0.15, 0.2) is 5.82 Å². The summed E-state index contributed by atoms with van der Waals surface area (Å²) in [6.07, 6.45) is 7.49. The molecule has 9 heteroatoms. The molecule has 2 aromatic heterocycles. The molecule has 23 heavy (non-hydrogen) atoms. The van der Waals surface area contributed by atoms with Crippen LogP contribution in [-0.2, 0) is 5.54 Å². The molecule has 120 valence electrons. The fourth-order valence-electron chi connectivity index (χ4n) is 3.31. The van der Waals surface area contributed by atoms with Crippen LogP contribution in [0, 0.1) is 11.7 Å². The van der Waals surface area contributed by atoms with E-state index in [-0.39, 0.29) is 11.4 Å². The topological polar surface area (TPSA) is 92.8 Å². The van der Waals surface area contributed by atoms with E-state index in [4.69, 9.17) is 5.73 Å². The molecule has 0 bridgehead atoms. The molecular formula is C14H16FN7S. The van der Waals surface area contributed by atoms with Gasteiger partial charge in [-0.2, -0.15) is 0 Å². The summed E-state index contributed by atoms with van der Waals surface area (Å²) in [5.41, 5.74) is 6.43. The van der Waals surface area contributed by atoms with Crippen molar-refractivity contribution in [3.8, 4) is 0 Å². The zero-order valence-electron chi connectivity index (χ0n) is 12.3. The van der Waals surface area contributed by atoms with Crippen molar-refractivity contribution in [1.82, 2.24) is 25.3 Å². The van der Waals surface area contributed by atoms with Crippen LogP contribution in [0.2, 0.25) is 0 Å². The Balaban J connectivity index is 1.70. The van der Waals surface area contributed by atoms with Crippen molar-refractivity contribution in [2.45, 2.75) is 11.0 Å². The average Bonchev–Trinajstić information content (AvgIpc) is 2.96. The summed E-state index contributed by atoms with van der Waals surface area (Å²) >= 11 is 1.68. The third kappa shape index (κ3) is 2.54. The zero-order valence-corrected chi connectivity index (χ0v) is 13.1. The van der Waals surface area contributed by atoms with E-state index < -0.39 is 11.4 Å². The number of hydrogen-bond donors (Lipinski definition) is 2. The molecule has 3 N–H and O–H groups in total. The van der Waals surface area contributed by atoms with Crippen molar-refractivity contribution < 1.29 is 4.39 Å². The van der Waals surface area contributed by atoms with Gasteiger partial charge in [0, 0.05) is 37.2 Å². The number of fused-ring (bicyclic) bond motifs is 1. The second-order valence-corrected chi connectivity index (χ2v) is 6.91. The van der Waals surface area contributed by atoms with Crippen LogP contribution in [0.25, 0.3) is 0 Å². The Labute approximate surface area is 136 Å². The van der Waals surface area contributed by atoms with Crippen molar-refractivity contribution in [3.05, 3.63) is 42.5 Å². The molecule has 0 amide bonds. The number of aromatic nitrogens is 4. The van der Waals surface area contributed by atoms with E-state index in [0.29, 0.717) is 12.5 Å². The normalized spacial score (nSPS) is 30.3. The van der Waals surface area contributed by atoms with Crippen LogP contribution in [0.4, 0.5) is 10.3 Å². The van der Waals surface area contributed by atoms with Gasteiger partial charge in [0.1, 0.15) is 5.50 Å². The molecule has 2 aliphatic rings. The Morgan fingerprint density at radius 3 is 2.83 bits per heavy atom. The lowest BCUT2D eigenvalue weighted by Crippen LogP contribution is -2.59. The van der Waals surface area contributed by atoms with Gasteiger partial charge in [-0.15, -0.1) is 11.8 Å². The molecule has 0 saturated carbocycles. The highest BCUT2D eigenvalue weighted by molar-refractivity contribution is 7.99. The van der Waals surface area contributed by atoms with Crippen LogP contribution in [0.3, 0.4) is 0 Å². The minimum absolute atomic E-state index is 0.164. The maximum atomic E-state index is 13.1. The van der Waals surface area contributed by atoms with Crippen LogP contribution in [-0.4, -0.2) is 44.3 Å². The lowest BCUT2D eigenvalue weighted by molar-refractivity contribution is 0.266. The summed E-state index contributed by atoms with van der Waals surface area (Å²) in [7, 11) is 0. The number of nitrogens with one attached hydrogen (secondary N) is 1. The van der Waals surface area contributed by atoms with Crippen molar-refractivity contribution in [1.29, 1.82) is 0 Å². The van der Waals surface area contributed by atoms with Gasteiger partial charge in [-0.05, 0) is 0 Å². The largest absolute Gasteiger partial charge is 0.338 e. The maximum absolute atomic E-state index is 13.1. The summed E-state index contributed by atoms with van der Waals surface area (Å²) in [5.74, 6) is 1.27. The molecular weight excluding hydrogens is 317 g/mol. The van der Waals surface area contributed by atoms with Gasteiger partial charge >= 0.3 is 0 Å². The van der Waals surface area contributed by atoms with Gasteiger partial charge < -0.3 is 10.6 Å². The molecule has 2 aromatic rings. The van der Waals surface area contributed by atoms with E-state index in [2.05, 4.69) is 25.3 Å². The highest BCUT2D eigenvalue weighted by atomic mass is 32.2. The minimum Gasteiger partial charge on any atom is -0.338 e. The maximum Gasteiger partial charge on any atom is 0.225 e. The first-order valence-electron chi connectivity index (χ1n) is 7.31. The molecule has 7 nitrogen and oxygen atoms in total. The molecule has 2 saturated heterocycles. The zero-order chi connectivity index (χ0) is 15.9. The van der Waals surface area contributed by atoms with E-state index in [9.17, 15) is 4.39 Å². The molecule has 2 fully saturated rings. The molecule has 4 heterocycles. The van der Waals surface area contributed by atoms with Crippen LogP contribution in [0.15, 0.2) is 31.0 Å². The van der Waals surface area contributed by atoms with Gasteiger partial charge in [0.25, 0.3) is 0 Å². The van der Waals surface area contributed by atoms with Crippen LogP contribution < -0.4 is 16.0 Å². The summed E-state index contributed by atoms with van der Waals surface area (Å²) < 4.78 is 13.1. The Morgan fingerprint density at radius 2 is 2.09 bits per heavy atom. The van der Waals surface area contributed by atoms with E-state index in [1.807, 2.05) is 4.90 Å². The second kappa shape index (κ2) is 5.66. The smallest absolute Gasteiger partial charge is 0.225 e. The summed E-state index contributed by atoms with van der Waals surface area (Å²) in [4.78, 5) is 18.9. The first kappa shape index (κ1) is 14.7. The molecule has 1 unspecified atom stereocenters. The first-order valence-corrected chi connectivity index (χ1v) is 8.36. The molecule has 0 aromatic carbocycles. The fraction of sp³-hybridized carbons (Fsp3) is 0.429. The number of nitrogens with two attached hydrogens (primary N) is 1. The Kier molecular flexibility index (Phi) is 3.63. The predicted octanol–water partition coefficient (Wildman–Crippen LogP) is 0.316. The number of halogens is 1. The highest BCUT2D eigenvalue weighted by Crippen LogP contribution is 2.42. The monoisotopic (exact) mass is 333 g/mol. The molecule has 0 spiro atoms. The average molecular weight is 333 g/mol. The van der Waals surface area contributed by atoms with Gasteiger partial charge in [-0.25, -0.2) is 14.4 Å². The van der Waals surface area contributed by atoms with E-state index in [1.165, 1.54) is 12.4 Å². The first-order chi connectivity index (χ1) is 11.2. The molecule has 0 radical (unpaired) electrons. The highest BCUT2D eigenvalue weighted by Gasteiger charge is 2.52. The SMILES string of the molecule is NC1N[C@@]2(c3cnccn3)CN(c3ncc(F)cn3)C[C@H]2CS1. The van der Waals surface area contributed by atoms with Crippen LogP contribution in [0.1, 0.15) is 5.69 Å². The third-order valence-electron chi connectivity index (χ3n) is 4.36. The summed E-state index contributed by atoms with van der Waals surface area (Å²) in [6, 6.07) is 0. The lowest BCUT2D eigenvalue weighted by atomic mass is 9.85. The molecule has 3 atom stereocenters. The number of hydrogen-bond acceptors (Lipinski definition) is 8. The predicted molar refractivity (Wildman–Crippen MR) is 85.0 cm³/mol. The van der Waals surface area contributed by atoms with Gasteiger partial charge in [-0.3, -0.25) is 15.3 Å². The quantitative estimate of drug-likeness (QED) is 0.811. The van der Waals surface area contributed by atoms with E-state index >= 15 is 0 Å². The molecule has 0 aliphatic carbocycles. The van der Waals surface area contributed by atoms with Crippen molar-refractivity contribution in [2.24, 2.45) is 11.7 Å². The molecule has 4 rings (SSSR count). The van der Waals surface area contributed by atoms with Crippen molar-refractivity contribution in [2.75, 3.05) is 23.7 Å². The third-order valence-corrected chi connectivity index (χ3v) is 5.44. The van der Waals surface area contributed by atoms with Crippen LogP contribution >= 0.6 is 11.8 Å². The van der Waals surface area contributed by atoms with E-state index in [0.717, 1.165) is 18.0 Å². The van der Waals surface area contributed by atoms with Crippen molar-refractivity contribution >= 4 is 17.7 Å². The molecule has 2 aliphatic heterocycles. The van der Waals surface area contributed by atoms with E-state index in [1.54, 1.807) is 30.4 Å². The Hall–Kier alpha value is -1.84. The summed E-state index contributed by atoms with van der Waals surface area (Å²) in [6.45, 7) is 1.38. The van der Waals surface area contributed by atoms with Crippen molar-refractivity contribution in [3.63, 3.8) is 0 Å². The Bertz CT molecular complexity index is 685. The Morgan fingerprint density at radius 1 is 1.26 bits per heavy atom. The fourth-order valence-corrected chi connectivity index (χ4v) is 4.43. The standard InChI is InChI=1S/C14H16FN7S/c15-10-3-19-13(20-4-10)22-6-9-7-23-12(16)21-14(9,8-22)11-5-17-1-2-18-11/h1-5,9,12,21H,6-8,16H2/t9-,12?,14-/m0/s1. The van der Waals surface area contributed by atoms with Gasteiger partial charge in [0.2, 0.25) is 5.95 Å². The number of thioether (sulfide) groups is 1. The number of nitrogens with zero attached hydrogens (tertiary/aromatic N) is 5. The number of anilines is 1. The second-order valence-electron chi connectivity index (χ2n) is 5.74.